The summed E-state index contributed by atoms with van der Waals surface area (Å²) in [4.78, 5) is 0. The SMILES string of the molecule is CCC1=CC2C(=C1)C=CC=C2c1cccc2ccccc12. The van der Waals surface area contributed by atoms with Crippen LogP contribution in [0.1, 0.15) is 18.9 Å². The Morgan fingerprint density at radius 3 is 2.76 bits per heavy atom. The molecule has 4 rings (SSSR count). The second-order valence-electron chi connectivity index (χ2n) is 5.72. The van der Waals surface area contributed by atoms with Gasteiger partial charge >= 0.3 is 0 Å². The highest BCUT2D eigenvalue weighted by atomic mass is 14.3. The topological polar surface area (TPSA) is 0 Å². The van der Waals surface area contributed by atoms with E-state index < -0.39 is 0 Å². The highest BCUT2D eigenvalue weighted by Crippen LogP contribution is 2.41. The smallest absolute Gasteiger partial charge is 0.0281 e. The van der Waals surface area contributed by atoms with E-state index in [0.29, 0.717) is 5.92 Å². The molecule has 0 saturated carbocycles. The van der Waals surface area contributed by atoms with E-state index in [1.807, 2.05) is 0 Å². The summed E-state index contributed by atoms with van der Waals surface area (Å²) in [5, 5.41) is 2.66. The minimum Gasteiger partial charge on any atom is -0.0694 e. The fraction of sp³-hybridized carbons (Fsp3) is 0.143. The molecule has 0 spiro atoms. The fourth-order valence-electron chi connectivity index (χ4n) is 3.40. The molecule has 2 aliphatic carbocycles. The first-order valence-corrected chi connectivity index (χ1v) is 7.65. The standard InChI is InChI=1S/C21H18/c1-2-15-13-17-9-6-12-20(21(17)14-15)19-11-5-8-16-7-3-4-10-18(16)19/h3-14,21H,2H2,1H3. The van der Waals surface area contributed by atoms with Gasteiger partial charge in [-0.15, -0.1) is 0 Å². The van der Waals surface area contributed by atoms with E-state index in [9.17, 15) is 0 Å². The van der Waals surface area contributed by atoms with Crippen molar-refractivity contribution >= 4 is 16.3 Å². The molecule has 2 aromatic rings. The van der Waals surface area contributed by atoms with Gasteiger partial charge in [0.25, 0.3) is 0 Å². The first-order valence-electron chi connectivity index (χ1n) is 7.65. The zero-order chi connectivity index (χ0) is 14.2. The second kappa shape index (κ2) is 4.89. The van der Waals surface area contributed by atoms with Crippen LogP contribution in [-0.2, 0) is 0 Å². The maximum atomic E-state index is 2.42. The van der Waals surface area contributed by atoms with Gasteiger partial charge in [-0.1, -0.05) is 85.3 Å². The molecule has 0 heterocycles. The molecule has 102 valence electrons. The number of hydrogen-bond acceptors (Lipinski definition) is 0. The van der Waals surface area contributed by atoms with E-state index in [2.05, 4.69) is 79.8 Å². The first-order chi connectivity index (χ1) is 10.4. The molecule has 0 bridgehead atoms. The Morgan fingerprint density at radius 2 is 1.86 bits per heavy atom. The summed E-state index contributed by atoms with van der Waals surface area (Å²) in [5.74, 6) is 0.427. The third-order valence-corrected chi connectivity index (χ3v) is 4.50. The number of allylic oxidation sites excluding steroid dienone is 8. The van der Waals surface area contributed by atoms with Crippen molar-refractivity contribution in [3.63, 3.8) is 0 Å². The number of rotatable bonds is 2. The number of benzene rings is 2. The monoisotopic (exact) mass is 270 g/mol. The predicted molar refractivity (Wildman–Crippen MR) is 91.0 cm³/mol. The van der Waals surface area contributed by atoms with Gasteiger partial charge in [0, 0.05) is 5.92 Å². The van der Waals surface area contributed by atoms with E-state index in [4.69, 9.17) is 0 Å². The predicted octanol–water partition coefficient (Wildman–Crippen LogP) is 5.69. The summed E-state index contributed by atoms with van der Waals surface area (Å²) in [6, 6.07) is 15.3. The quantitative estimate of drug-likeness (QED) is 0.658. The highest BCUT2D eigenvalue weighted by Gasteiger charge is 2.24. The lowest BCUT2D eigenvalue weighted by Crippen LogP contribution is -2.04. The molecule has 2 aliphatic rings. The van der Waals surface area contributed by atoms with Gasteiger partial charge in [-0.05, 0) is 33.9 Å². The Kier molecular flexibility index (Phi) is 2.89. The van der Waals surface area contributed by atoms with E-state index in [-0.39, 0.29) is 0 Å². The molecule has 2 aromatic carbocycles. The van der Waals surface area contributed by atoms with Crippen LogP contribution in [0, 0.1) is 5.92 Å². The van der Waals surface area contributed by atoms with E-state index in [1.54, 1.807) is 0 Å². The molecule has 0 saturated heterocycles. The molecule has 0 heteroatoms. The van der Waals surface area contributed by atoms with Crippen molar-refractivity contribution in [2.24, 2.45) is 5.92 Å². The number of hydrogen-bond donors (Lipinski definition) is 0. The minimum atomic E-state index is 0.427. The Balaban J connectivity index is 1.90. The average Bonchev–Trinajstić information content (AvgIpc) is 2.97. The molecule has 1 unspecified atom stereocenters. The Labute approximate surface area is 125 Å². The van der Waals surface area contributed by atoms with Gasteiger partial charge in [0.2, 0.25) is 0 Å². The second-order valence-corrected chi connectivity index (χ2v) is 5.72. The Morgan fingerprint density at radius 1 is 1.00 bits per heavy atom. The molecular formula is C21H18. The van der Waals surface area contributed by atoms with Gasteiger partial charge in [0.15, 0.2) is 0 Å². The lowest BCUT2D eigenvalue weighted by molar-refractivity contribution is 1.04. The van der Waals surface area contributed by atoms with Crippen LogP contribution in [0.25, 0.3) is 16.3 Å². The van der Waals surface area contributed by atoms with Crippen LogP contribution >= 0.6 is 0 Å². The molecule has 0 amide bonds. The van der Waals surface area contributed by atoms with E-state index >= 15 is 0 Å². The van der Waals surface area contributed by atoms with E-state index in [0.717, 1.165) is 6.42 Å². The van der Waals surface area contributed by atoms with Crippen molar-refractivity contribution in [2.75, 3.05) is 0 Å². The molecule has 0 radical (unpaired) electrons. The molecular weight excluding hydrogens is 252 g/mol. The van der Waals surface area contributed by atoms with Gasteiger partial charge in [-0.2, -0.15) is 0 Å². The van der Waals surface area contributed by atoms with Crippen molar-refractivity contribution in [3.05, 3.63) is 89.6 Å². The maximum Gasteiger partial charge on any atom is 0.0281 e. The molecule has 21 heavy (non-hydrogen) atoms. The van der Waals surface area contributed by atoms with Gasteiger partial charge in [-0.3, -0.25) is 0 Å². The lowest BCUT2D eigenvalue weighted by atomic mass is 9.83. The summed E-state index contributed by atoms with van der Waals surface area (Å²) in [7, 11) is 0. The molecule has 0 aliphatic heterocycles. The summed E-state index contributed by atoms with van der Waals surface area (Å²) >= 11 is 0. The maximum absolute atomic E-state index is 2.42. The van der Waals surface area contributed by atoms with Crippen LogP contribution in [0.15, 0.2) is 84.0 Å². The Bertz CT molecular complexity index is 823. The van der Waals surface area contributed by atoms with Gasteiger partial charge in [0.05, 0.1) is 0 Å². The van der Waals surface area contributed by atoms with Crippen molar-refractivity contribution in [1.82, 2.24) is 0 Å². The minimum absolute atomic E-state index is 0.427. The van der Waals surface area contributed by atoms with Crippen LogP contribution in [0.2, 0.25) is 0 Å². The molecule has 0 nitrogen and oxygen atoms in total. The summed E-state index contributed by atoms with van der Waals surface area (Å²) < 4.78 is 0. The van der Waals surface area contributed by atoms with E-state index in [1.165, 1.54) is 33.1 Å². The average molecular weight is 270 g/mol. The fourth-order valence-corrected chi connectivity index (χ4v) is 3.40. The normalized spacial score (nSPS) is 20.0. The first kappa shape index (κ1) is 12.4. The number of fused-ring (bicyclic) bond motifs is 2. The molecule has 0 fully saturated rings. The third-order valence-electron chi connectivity index (χ3n) is 4.50. The molecule has 0 aromatic heterocycles. The van der Waals surface area contributed by atoms with Crippen molar-refractivity contribution in [1.29, 1.82) is 0 Å². The zero-order valence-corrected chi connectivity index (χ0v) is 12.2. The summed E-state index contributed by atoms with van der Waals surface area (Å²) in [6.45, 7) is 2.23. The van der Waals surface area contributed by atoms with Crippen LogP contribution in [-0.4, -0.2) is 0 Å². The van der Waals surface area contributed by atoms with Gasteiger partial charge in [-0.25, -0.2) is 0 Å². The lowest BCUT2D eigenvalue weighted by Gasteiger charge is -2.20. The van der Waals surface area contributed by atoms with Crippen LogP contribution in [0.5, 0.6) is 0 Å². The van der Waals surface area contributed by atoms with Crippen molar-refractivity contribution in [3.8, 4) is 0 Å². The van der Waals surface area contributed by atoms with Crippen LogP contribution < -0.4 is 0 Å². The van der Waals surface area contributed by atoms with Gasteiger partial charge in [0.1, 0.15) is 0 Å². The Hall–Kier alpha value is -2.34. The third kappa shape index (κ3) is 1.99. The van der Waals surface area contributed by atoms with Crippen LogP contribution in [0.3, 0.4) is 0 Å². The van der Waals surface area contributed by atoms with Crippen molar-refractivity contribution < 1.29 is 0 Å². The zero-order valence-electron chi connectivity index (χ0n) is 12.2. The van der Waals surface area contributed by atoms with Crippen molar-refractivity contribution in [2.45, 2.75) is 13.3 Å². The summed E-state index contributed by atoms with van der Waals surface area (Å²) in [5.41, 5.74) is 5.66. The molecule has 1 atom stereocenters. The largest absolute Gasteiger partial charge is 0.0694 e. The van der Waals surface area contributed by atoms with Crippen LogP contribution in [0.4, 0.5) is 0 Å². The summed E-state index contributed by atoms with van der Waals surface area (Å²) in [6.07, 6.45) is 12.6. The molecule has 0 N–H and O–H groups in total. The highest BCUT2D eigenvalue weighted by molar-refractivity contribution is 5.96. The van der Waals surface area contributed by atoms with Gasteiger partial charge < -0.3 is 0 Å².